The van der Waals surface area contributed by atoms with Gasteiger partial charge in [0.1, 0.15) is 5.75 Å². The largest absolute Gasteiger partial charge is 0.495 e. The van der Waals surface area contributed by atoms with Crippen LogP contribution in [0.15, 0.2) is 18.2 Å². The van der Waals surface area contributed by atoms with Crippen molar-refractivity contribution in [3.8, 4) is 5.75 Å². The Morgan fingerprint density at radius 3 is 2.69 bits per heavy atom. The van der Waals surface area contributed by atoms with Gasteiger partial charge in [-0.25, -0.2) is 0 Å². The van der Waals surface area contributed by atoms with E-state index in [9.17, 15) is 0 Å². The van der Waals surface area contributed by atoms with Crippen LogP contribution in [0, 0.1) is 0 Å². The maximum Gasteiger partial charge on any atom is 0.143 e. The molecule has 0 saturated heterocycles. The molecule has 13 heavy (non-hydrogen) atoms. The molecular weight excluding hydrogens is 164 g/mol. The molecule has 0 aliphatic carbocycles. The highest BCUT2D eigenvalue weighted by atomic mass is 16.5. The van der Waals surface area contributed by atoms with Gasteiger partial charge in [0.25, 0.3) is 0 Å². The number of anilines is 2. The molecule has 3 nitrogen and oxygen atoms in total. The van der Waals surface area contributed by atoms with Gasteiger partial charge in [-0.3, -0.25) is 0 Å². The average molecular weight is 180 g/mol. The summed E-state index contributed by atoms with van der Waals surface area (Å²) in [4.78, 5) is 0. The summed E-state index contributed by atoms with van der Waals surface area (Å²) in [6.07, 6.45) is 0. The third kappa shape index (κ3) is 2.28. The third-order valence-electron chi connectivity index (χ3n) is 1.85. The van der Waals surface area contributed by atoms with Crippen LogP contribution in [0.3, 0.4) is 0 Å². The van der Waals surface area contributed by atoms with Crippen molar-refractivity contribution in [3.63, 3.8) is 0 Å². The van der Waals surface area contributed by atoms with E-state index in [1.165, 1.54) is 0 Å². The Labute approximate surface area is 79.1 Å². The number of ether oxygens (including phenoxy) is 1. The highest BCUT2D eigenvalue weighted by Crippen LogP contribution is 2.27. The molecule has 1 aromatic carbocycles. The standard InChI is InChI=1S/C10H16N2O/c1-4-12-8-5-6-9(11-2)10(7-8)13-3/h5-7,11-12H,4H2,1-3H3. The molecular formula is C10H16N2O. The van der Waals surface area contributed by atoms with E-state index in [1.54, 1.807) is 7.11 Å². The van der Waals surface area contributed by atoms with Crippen molar-refractivity contribution >= 4 is 11.4 Å². The lowest BCUT2D eigenvalue weighted by molar-refractivity contribution is 0.417. The van der Waals surface area contributed by atoms with Gasteiger partial charge in [0.05, 0.1) is 12.8 Å². The highest BCUT2D eigenvalue weighted by molar-refractivity contribution is 5.63. The molecule has 0 spiro atoms. The predicted molar refractivity (Wildman–Crippen MR) is 56.7 cm³/mol. The molecule has 0 heterocycles. The van der Waals surface area contributed by atoms with E-state index in [4.69, 9.17) is 4.74 Å². The van der Waals surface area contributed by atoms with E-state index in [0.29, 0.717) is 0 Å². The molecule has 72 valence electrons. The fraction of sp³-hybridized carbons (Fsp3) is 0.400. The van der Waals surface area contributed by atoms with Crippen molar-refractivity contribution in [2.24, 2.45) is 0 Å². The Morgan fingerprint density at radius 1 is 1.38 bits per heavy atom. The molecule has 0 aliphatic rings. The molecule has 3 heteroatoms. The zero-order valence-corrected chi connectivity index (χ0v) is 8.35. The summed E-state index contributed by atoms with van der Waals surface area (Å²) in [6, 6.07) is 6.00. The molecule has 0 radical (unpaired) electrons. The lowest BCUT2D eigenvalue weighted by atomic mass is 10.2. The predicted octanol–water partition coefficient (Wildman–Crippen LogP) is 2.17. The van der Waals surface area contributed by atoms with Gasteiger partial charge in [0, 0.05) is 25.3 Å². The van der Waals surface area contributed by atoms with Gasteiger partial charge >= 0.3 is 0 Å². The average Bonchev–Trinajstić information content (AvgIpc) is 2.18. The van der Waals surface area contributed by atoms with Gasteiger partial charge in [0.15, 0.2) is 0 Å². The van der Waals surface area contributed by atoms with Gasteiger partial charge in [-0.15, -0.1) is 0 Å². The molecule has 0 saturated carbocycles. The minimum Gasteiger partial charge on any atom is -0.495 e. The molecule has 0 aromatic heterocycles. The Balaban J connectivity index is 2.91. The number of benzene rings is 1. The van der Waals surface area contributed by atoms with Crippen LogP contribution in [0.1, 0.15) is 6.92 Å². The van der Waals surface area contributed by atoms with Crippen molar-refractivity contribution in [1.29, 1.82) is 0 Å². The zero-order valence-electron chi connectivity index (χ0n) is 8.35. The fourth-order valence-electron chi connectivity index (χ4n) is 1.21. The number of methoxy groups -OCH3 is 1. The Hall–Kier alpha value is -1.38. The summed E-state index contributed by atoms with van der Waals surface area (Å²) in [5, 5.41) is 6.29. The van der Waals surface area contributed by atoms with Gasteiger partial charge in [0.2, 0.25) is 0 Å². The summed E-state index contributed by atoms with van der Waals surface area (Å²) in [7, 11) is 3.55. The van der Waals surface area contributed by atoms with Crippen LogP contribution in [-0.2, 0) is 0 Å². The number of rotatable bonds is 4. The third-order valence-corrected chi connectivity index (χ3v) is 1.85. The topological polar surface area (TPSA) is 33.3 Å². The first kappa shape index (κ1) is 9.71. The highest BCUT2D eigenvalue weighted by Gasteiger charge is 2.00. The minimum absolute atomic E-state index is 0.862. The Kier molecular flexibility index (Phi) is 3.43. The lowest BCUT2D eigenvalue weighted by Gasteiger charge is -2.10. The second kappa shape index (κ2) is 4.60. The zero-order chi connectivity index (χ0) is 9.68. The SMILES string of the molecule is CCNc1ccc(NC)c(OC)c1. The number of nitrogens with one attached hydrogen (secondary N) is 2. The van der Waals surface area contributed by atoms with Gasteiger partial charge < -0.3 is 15.4 Å². The summed E-state index contributed by atoms with van der Waals surface area (Å²) >= 11 is 0. The van der Waals surface area contributed by atoms with Crippen LogP contribution >= 0.6 is 0 Å². The number of hydrogen-bond donors (Lipinski definition) is 2. The van der Waals surface area contributed by atoms with Crippen molar-refractivity contribution in [1.82, 2.24) is 0 Å². The quantitative estimate of drug-likeness (QED) is 0.745. The minimum atomic E-state index is 0.862. The maximum absolute atomic E-state index is 5.22. The smallest absolute Gasteiger partial charge is 0.143 e. The van der Waals surface area contributed by atoms with Gasteiger partial charge in [-0.05, 0) is 19.1 Å². The first-order valence-corrected chi connectivity index (χ1v) is 4.41. The Bertz CT molecular complexity index is 274. The molecule has 1 aromatic rings. The molecule has 0 fully saturated rings. The van der Waals surface area contributed by atoms with Crippen molar-refractivity contribution < 1.29 is 4.74 Å². The van der Waals surface area contributed by atoms with E-state index < -0.39 is 0 Å². The van der Waals surface area contributed by atoms with Crippen molar-refractivity contribution in [2.75, 3.05) is 31.3 Å². The van der Waals surface area contributed by atoms with E-state index in [1.807, 2.05) is 25.2 Å². The first-order chi connectivity index (χ1) is 6.31. The molecule has 0 atom stereocenters. The molecule has 0 amide bonds. The normalized spacial score (nSPS) is 9.46. The number of hydrogen-bond acceptors (Lipinski definition) is 3. The van der Waals surface area contributed by atoms with E-state index >= 15 is 0 Å². The second-order valence-corrected chi connectivity index (χ2v) is 2.70. The summed E-state index contributed by atoms with van der Waals surface area (Å²) in [5.41, 5.74) is 2.09. The first-order valence-electron chi connectivity index (χ1n) is 4.41. The lowest BCUT2D eigenvalue weighted by Crippen LogP contribution is -1.98. The van der Waals surface area contributed by atoms with Crippen LogP contribution in [0.2, 0.25) is 0 Å². The fourth-order valence-corrected chi connectivity index (χ4v) is 1.21. The van der Waals surface area contributed by atoms with E-state index in [0.717, 1.165) is 23.7 Å². The molecule has 2 N–H and O–H groups in total. The van der Waals surface area contributed by atoms with Crippen LogP contribution in [-0.4, -0.2) is 20.7 Å². The van der Waals surface area contributed by atoms with Crippen LogP contribution in [0.4, 0.5) is 11.4 Å². The summed E-state index contributed by atoms with van der Waals surface area (Å²) in [5.74, 6) is 0.862. The van der Waals surface area contributed by atoms with Crippen LogP contribution < -0.4 is 15.4 Å². The van der Waals surface area contributed by atoms with E-state index in [-0.39, 0.29) is 0 Å². The van der Waals surface area contributed by atoms with Gasteiger partial charge in [-0.2, -0.15) is 0 Å². The summed E-state index contributed by atoms with van der Waals surface area (Å²) in [6.45, 7) is 2.99. The van der Waals surface area contributed by atoms with Crippen molar-refractivity contribution in [3.05, 3.63) is 18.2 Å². The van der Waals surface area contributed by atoms with Crippen molar-refractivity contribution in [2.45, 2.75) is 6.92 Å². The molecule has 0 unspecified atom stereocenters. The maximum atomic E-state index is 5.22. The Morgan fingerprint density at radius 2 is 2.15 bits per heavy atom. The van der Waals surface area contributed by atoms with E-state index in [2.05, 4.69) is 17.6 Å². The van der Waals surface area contributed by atoms with Gasteiger partial charge in [-0.1, -0.05) is 0 Å². The molecule has 0 aliphatic heterocycles. The molecule has 0 bridgehead atoms. The monoisotopic (exact) mass is 180 g/mol. The molecule has 1 rings (SSSR count). The second-order valence-electron chi connectivity index (χ2n) is 2.70. The van der Waals surface area contributed by atoms with Crippen LogP contribution in [0.5, 0.6) is 5.75 Å². The van der Waals surface area contributed by atoms with Crippen LogP contribution in [0.25, 0.3) is 0 Å². The summed E-state index contributed by atoms with van der Waals surface area (Å²) < 4.78 is 5.22.